The van der Waals surface area contributed by atoms with Gasteiger partial charge in [0.15, 0.2) is 11.2 Å². The van der Waals surface area contributed by atoms with Crippen molar-refractivity contribution in [3.8, 4) is 5.75 Å². The third-order valence-corrected chi connectivity index (χ3v) is 3.79. The summed E-state index contributed by atoms with van der Waals surface area (Å²) in [6, 6.07) is 13.5. The fourth-order valence-electron chi connectivity index (χ4n) is 2.37. The van der Waals surface area contributed by atoms with Gasteiger partial charge in [-0.1, -0.05) is 23.7 Å². The van der Waals surface area contributed by atoms with Gasteiger partial charge in [0.2, 0.25) is 0 Å². The molecule has 1 aromatic heterocycles. The minimum Gasteiger partial charge on any atom is -0.492 e. The molecule has 2 aromatic carbocycles. The van der Waals surface area contributed by atoms with Crippen LogP contribution in [0, 0.1) is 6.92 Å². The molecule has 1 heterocycles. The van der Waals surface area contributed by atoms with Crippen LogP contribution in [0.4, 0.5) is 0 Å². The molecule has 0 aliphatic carbocycles. The molecule has 3 rings (SSSR count). The lowest BCUT2D eigenvalue weighted by Gasteiger charge is -2.08. The second-order valence-electron chi connectivity index (χ2n) is 5.54. The van der Waals surface area contributed by atoms with Crippen LogP contribution in [0.15, 0.2) is 57.7 Å². The Bertz CT molecular complexity index is 981. The van der Waals surface area contributed by atoms with E-state index in [0.717, 1.165) is 17.4 Å². The maximum absolute atomic E-state index is 12.1. The van der Waals surface area contributed by atoms with Gasteiger partial charge in [-0.15, -0.1) is 0 Å². The summed E-state index contributed by atoms with van der Waals surface area (Å²) in [4.78, 5) is 24.2. The zero-order valence-corrected chi connectivity index (χ0v) is 14.3. The molecule has 25 heavy (non-hydrogen) atoms. The number of carbonyl (C=O) groups excluding carboxylic acids is 1. The van der Waals surface area contributed by atoms with Crippen molar-refractivity contribution >= 4 is 28.5 Å². The number of fused-ring (bicyclic) bond motifs is 1. The maximum Gasteiger partial charge on any atom is 0.287 e. The summed E-state index contributed by atoms with van der Waals surface area (Å²) in [6.45, 7) is 2.57. The van der Waals surface area contributed by atoms with Gasteiger partial charge in [0.05, 0.1) is 11.9 Å². The van der Waals surface area contributed by atoms with Crippen molar-refractivity contribution in [1.29, 1.82) is 0 Å². The van der Waals surface area contributed by atoms with Crippen LogP contribution in [-0.2, 0) is 0 Å². The van der Waals surface area contributed by atoms with Crippen LogP contribution in [0.2, 0.25) is 5.02 Å². The molecule has 1 amide bonds. The smallest absolute Gasteiger partial charge is 0.287 e. The molecular weight excluding hydrogens is 342 g/mol. The van der Waals surface area contributed by atoms with Gasteiger partial charge in [-0.05, 0) is 42.8 Å². The Morgan fingerprint density at radius 3 is 2.84 bits per heavy atom. The quantitative estimate of drug-likeness (QED) is 0.709. The molecule has 0 aliphatic rings. The van der Waals surface area contributed by atoms with Gasteiger partial charge in [-0.2, -0.15) is 0 Å². The Morgan fingerprint density at radius 2 is 2.04 bits per heavy atom. The van der Waals surface area contributed by atoms with Gasteiger partial charge in [0.25, 0.3) is 5.91 Å². The standard InChI is InChI=1S/C19H16ClNO4/c1-12-3-2-4-14(9-12)24-8-7-21-19(23)18-11-16(22)15-10-13(20)5-6-17(15)25-18/h2-6,9-11H,7-8H2,1H3,(H,21,23). The molecule has 0 radical (unpaired) electrons. The molecule has 0 fully saturated rings. The first kappa shape index (κ1) is 17.0. The van der Waals surface area contributed by atoms with E-state index in [9.17, 15) is 9.59 Å². The average molecular weight is 358 g/mol. The lowest BCUT2D eigenvalue weighted by atomic mass is 10.2. The monoisotopic (exact) mass is 357 g/mol. The summed E-state index contributed by atoms with van der Waals surface area (Å²) in [7, 11) is 0. The van der Waals surface area contributed by atoms with Crippen molar-refractivity contribution in [3.63, 3.8) is 0 Å². The van der Waals surface area contributed by atoms with Crippen LogP contribution < -0.4 is 15.5 Å². The fraction of sp³-hybridized carbons (Fsp3) is 0.158. The van der Waals surface area contributed by atoms with Crippen LogP contribution >= 0.6 is 11.6 Å². The molecule has 0 bridgehead atoms. The minimum absolute atomic E-state index is 0.0459. The number of nitrogens with one attached hydrogen (secondary N) is 1. The van der Waals surface area contributed by atoms with E-state index >= 15 is 0 Å². The number of hydrogen-bond acceptors (Lipinski definition) is 4. The second kappa shape index (κ2) is 7.40. The van der Waals surface area contributed by atoms with Crippen LogP contribution in [-0.4, -0.2) is 19.1 Å². The van der Waals surface area contributed by atoms with Crippen LogP contribution in [0.3, 0.4) is 0 Å². The van der Waals surface area contributed by atoms with Crippen molar-refractivity contribution in [1.82, 2.24) is 5.32 Å². The highest BCUT2D eigenvalue weighted by Gasteiger charge is 2.12. The van der Waals surface area contributed by atoms with Gasteiger partial charge in [-0.3, -0.25) is 9.59 Å². The first-order valence-electron chi connectivity index (χ1n) is 7.74. The summed E-state index contributed by atoms with van der Waals surface area (Å²) in [5.41, 5.74) is 1.10. The molecule has 5 nitrogen and oxygen atoms in total. The maximum atomic E-state index is 12.1. The summed E-state index contributed by atoms with van der Waals surface area (Å²) in [5, 5.41) is 3.44. The van der Waals surface area contributed by atoms with Crippen molar-refractivity contribution < 1.29 is 13.9 Å². The van der Waals surface area contributed by atoms with Gasteiger partial charge >= 0.3 is 0 Å². The first-order valence-corrected chi connectivity index (χ1v) is 8.12. The number of amides is 1. The van der Waals surface area contributed by atoms with Gasteiger partial charge < -0.3 is 14.5 Å². The minimum atomic E-state index is -0.471. The molecule has 0 saturated carbocycles. The third-order valence-electron chi connectivity index (χ3n) is 3.56. The molecule has 0 saturated heterocycles. The van der Waals surface area contributed by atoms with Crippen molar-refractivity contribution in [3.05, 3.63) is 75.1 Å². The Morgan fingerprint density at radius 1 is 1.20 bits per heavy atom. The molecule has 6 heteroatoms. The first-order chi connectivity index (χ1) is 12.0. The SMILES string of the molecule is Cc1cccc(OCCNC(=O)c2cc(=O)c3cc(Cl)ccc3o2)c1. The number of rotatable bonds is 5. The van der Waals surface area contributed by atoms with Gasteiger partial charge in [0, 0.05) is 11.1 Å². The zero-order valence-electron chi connectivity index (χ0n) is 13.5. The highest BCUT2D eigenvalue weighted by molar-refractivity contribution is 6.31. The molecule has 0 unspecified atom stereocenters. The van der Waals surface area contributed by atoms with E-state index in [2.05, 4.69) is 5.32 Å². The zero-order chi connectivity index (χ0) is 17.8. The third kappa shape index (κ3) is 4.19. The summed E-state index contributed by atoms with van der Waals surface area (Å²) < 4.78 is 11.0. The topological polar surface area (TPSA) is 68.5 Å². The van der Waals surface area contributed by atoms with Crippen molar-refractivity contribution in [2.45, 2.75) is 6.92 Å². The number of carbonyl (C=O) groups is 1. The summed E-state index contributed by atoms with van der Waals surface area (Å²) in [6.07, 6.45) is 0. The molecule has 3 aromatic rings. The average Bonchev–Trinajstić information content (AvgIpc) is 2.59. The number of benzene rings is 2. The number of ether oxygens (including phenoxy) is 1. The Kier molecular flexibility index (Phi) is 5.05. The van der Waals surface area contributed by atoms with E-state index in [4.69, 9.17) is 20.8 Å². The van der Waals surface area contributed by atoms with E-state index in [-0.39, 0.29) is 17.7 Å². The normalized spacial score (nSPS) is 10.6. The predicted molar refractivity (Wildman–Crippen MR) is 96.5 cm³/mol. The molecule has 1 N–H and O–H groups in total. The summed E-state index contributed by atoms with van der Waals surface area (Å²) in [5.74, 6) is 0.223. The number of hydrogen-bond donors (Lipinski definition) is 1. The van der Waals surface area contributed by atoms with Gasteiger partial charge in [-0.25, -0.2) is 0 Å². The Labute approximate surface area is 149 Å². The second-order valence-corrected chi connectivity index (χ2v) is 5.97. The summed E-state index contributed by atoms with van der Waals surface area (Å²) >= 11 is 5.86. The van der Waals surface area contributed by atoms with Crippen molar-refractivity contribution in [2.24, 2.45) is 0 Å². The molecule has 0 atom stereocenters. The van der Waals surface area contributed by atoms with Crippen molar-refractivity contribution in [2.75, 3.05) is 13.2 Å². The highest BCUT2D eigenvalue weighted by atomic mass is 35.5. The van der Waals surface area contributed by atoms with E-state index in [1.807, 2.05) is 31.2 Å². The Hall–Kier alpha value is -2.79. The lowest BCUT2D eigenvalue weighted by Crippen LogP contribution is -2.28. The highest BCUT2D eigenvalue weighted by Crippen LogP contribution is 2.17. The van der Waals surface area contributed by atoms with Gasteiger partial charge in [0.1, 0.15) is 17.9 Å². The predicted octanol–water partition coefficient (Wildman–Crippen LogP) is 3.56. The van der Waals surface area contributed by atoms with E-state index < -0.39 is 5.91 Å². The molecular formula is C19H16ClNO4. The largest absolute Gasteiger partial charge is 0.492 e. The fourth-order valence-corrected chi connectivity index (χ4v) is 2.54. The lowest BCUT2D eigenvalue weighted by molar-refractivity contribution is 0.0920. The van der Waals surface area contributed by atoms with Crippen LogP contribution in [0.25, 0.3) is 11.0 Å². The molecule has 128 valence electrons. The number of halogens is 1. The van der Waals surface area contributed by atoms with Crippen LogP contribution in [0.5, 0.6) is 5.75 Å². The van der Waals surface area contributed by atoms with E-state index in [0.29, 0.717) is 22.6 Å². The molecule has 0 aliphatic heterocycles. The molecule has 0 spiro atoms. The van der Waals surface area contributed by atoms with E-state index in [1.165, 1.54) is 6.07 Å². The number of aryl methyl sites for hydroxylation is 1. The van der Waals surface area contributed by atoms with E-state index in [1.54, 1.807) is 12.1 Å². The Balaban J connectivity index is 1.62. The van der Waals surface area contributed by atoms with Crippen LogP contribution in [0.1, 0.15) is 16.1 Å².